The molecule has 0 amide bonds. The summed E-state index contributed by atoms with van der Waals surface area (Å²) in [7, 11) is 4.15. The summed E-state index contributed by atoms with van der Waals surface area (Å²) in [6.45, 7) is 1.74. The van der Waals surface area contributed by atoms with E-state index < -0.39 is 12.1 Å². The maximum absolute atomic E-state index is 10.6. The molecule has 6 nitrogen and oxygen atoms in total. The fourth-order valence-corrected chi connectivity index (χ4v) is 3.79. The molecule has 0 unspecified atom stereocenters. The number of H-pyrrole nitrogens is 1. The quantitative estimate of drug-likeness (QED) is 0.247. The van der Waals surface area contributed by atoms with Gasteiger partial charge in [-0.05, 0) is 65.8 Å². The van der Waals surface area contributed by atoms with Crippen LogP contribution in [0.15, 0.2) is 71.3 Å². The number of hydrogen-bond acceptors (Lipinski definition) is 4. The van der Waals surface area contributed by atoms with Gasteiger partial charge in [-0.3, -0.25) is 0 Å². The molecule has 0 bridgehead atoms. The number of hydrogen-bond donors (Lipinski definition) is 2. The highest BCUT2D eigenvalue weighted by molar-refractivity contribution is 9.10. The maximum atomic E-state index is 10.6. The predicted octanol–water partition coefficient (Wildman–Crippen LogP) is 6.62. The lowest BCUT2D eigenvalue weighted by molar-refractivity contribution is -0.192. The topological polar surface area (TPSA) is 78.5 Å². The third-order valence-corrected chi connectivity index (χ3v) is 5.52. The Morgan fingerprint density at radius 3 is 2.31 bits per heavy atom. The molecule has 0 saturated heterocycles. The number of nitrogens with zero attached hydrogens (tertiary/aromatic N) is 2. The van der Waals surface area contributed by atoms with E-state index in [-0.39, 0.29) is 0 Å². The number of carboxylic acid groups (broad SMARTS) is 1. The van der Waals surface area contributed by atoms with Gasteiger partial charge in [0.1, 0.15) is 11.4 Å². The minimum Gasteiger partial charge on any atom is -0.494 e. The van der Waals surface area contributed by atoms with Crippen LogP contribution in [0.25, 0.3) is 33.4 Å². The molecule has 0 fully saturated rings. The number of pyridine rings is 1. The first kappa shape index (κ1) is 27.2. The second-order valence-electron chi connectivity index (χ2n) is 8.12. The number of carbonyl (C=O) groups is 1. The van der Waals surface area contributed by atoms with Gasteiger partial charge in [0.2, 0.25) is 0 Å². The molecule has 190 valence electrons. The summed E-state index contributed by atoms with van der Waals surface area (Å²) in [5.74, 6) is -1.86. The van der Waals surface area contributed by atoms with Crippen molar-refractivity contribution in [3.63, 3.8) is 0 Å². The van der Waals surface area contributed by atoms with E-state index in [1.54, 1.807) is 0 Å². The van der Waals surface area contributed by atoms with Gasteiger partial charge in [0.15, 0.2) is 0 Å². The Kier molecular flexibility index (Phi) is 9.11. The molecule has 0 aliphatic carbocycles. The van der Waals surface area contributed by atoms with Gasteiger partial charge < -0.3 is 19.7 Å². The molecular formula is C26H25BrF3N3O3. The fourth-order valence-electron chi connectivity index (χ4n) is 3.45. The van der Waals surface area contributed by atoms with Crippen LogP contribution in [0, 0.1) is 0 Å². The van der Waals surface area contributed by atoms with Gasteiger partial charge in [0.05, 0.1) is 12.3 Å². The number of ether oxygens (including phenoxy) is 1. The van der Waals surface area contributed by atoms with Gasteiger partial charge in [0.25, 0.3) is 0 Å². The zero-order valence-electron chi connectivity index (χ0n) is 19.6. The number of aromatic amines is 1. The Morgan fingerprint density at radius 1 is 1.08 bits per heavy atom. The van der Waals surface area contributed by atoms with Crippen molar-refractivity contribution in [3.05, 3.63) is 71.3 Å². The van der Waals surface area contributed by atoms with Gasteiger partial charge in [-0.1, -0.05) is 42.5 Å². The van der Waals surface area contributed by atoms with Gasteiger partial charge in [0, 0.05) is 28.2 Å². The molecule has 2 aromatic carbocycles. The molecule has 4 rings (SSSR count). The van der Waals surface area contributed by atoms with Crippen LogP contribution in [0.1, 0.15) is 6.42 Å². The third-order valence-electron chi connectivity index (χ3n) is 5.08. The van der Waals surface area contributed by atoms with Gasteiger partial charge in [-0.2, -0.15) is 13.2 Å². The predicted molar refractivity (Wildman–Crippen MR) is 137 cm³/mol. The van der Waals surface area contributed by atoms with E-state index in [2.05, 4.69) is 87.4 Å². The molecule has 0 aliphatic heterocycles. The van der Waals surface area contributed by atoms with E-state index in [0.29, 0.717) is 0 Å². The van der Waals surface area contributed by atoms with Crippen molar-refractivity contribution >= 4 is 32.9 Å². The molecule has 10 heteroatoms. The van der Waals surface area contributed by atoms with Crippen molar-refractivity contribution in [1.82, 2.24) is 14.9 Å². The Labute approximate surface area is 214 Å². The van der Waals surface area contributed by atoms with E-state index in [1.165, 1.54) is 0 Å². The molecule has 2 heterocycles. The molecule has 0 radical (unpaired) electrons. The number of nitrogens with one attached hydrogen (secondary N) is 1. The monoisotopic (exact) mass is 563 g/mol. The summed E-state index contributed by atoms with van der Waals surface area (Å²) in [6, 6.07) is 20.8. The highest BCUT2D eigenvalue weighted by Gasteiger charge is 2.38. The minimum absolute atomic E-state index is 0.719. The number of rotatable bonds is 7. The first-order valence-corrected chi connectivity index (χ1v) is 11.8. The van der Waals surface area contributed by atoms with Gasteiger partial charge >= 0.3 is 12.1 Å². The smallest absolute Gasteiger partial charge is 0.490 e. The molecule has 0 atom stereocenters. The van der Waals surface area contributed by atoms with E-state index in [1.807, 2.05) is 24.4 Å². The minimum atomic E-state index is -5.08. The van der Waals surface area contributed by atoms with E-state index in [0.717, 1.165) is 63.2 Å². The van der Waals surface area contributed by atoms with Crippen molar-refractivity contribution < 1.29 is 27.8 Å². The molecule has 2 aromatic heterocycles. The number of aliphatic carboxylic acids is 1. The van der Waals surface area contributed by atoms with Crippen molar-refractivity contribution in [2.24, 2.45) is 0 Å². The normalized spacial score (nSPS) is 11.3. The number of aromatic nitrogens is 2. The highest BCUT2D eigenvalue weighted by atomic mass is 79.9. The molecule has 0 spiro atoms. The standard InChI is InChI=1S/C24H24BrN3O.C2HF3O2/c1-28(2)13-6-14-29-20-11-9-17(10-12-20)22-21-15-19(25)16-26-24(21)27-23(22)18-7-4-3-5-8-18;3-2(4,5)1(6)7/h3-5,7-12,15-16H,6,13-14H2,1-2H3,(H,26,27);(H,6,7). The van der Waals surface area contributed by atoms with Crippen LogP contribution in [-0.4, -0.2) is 59.4 Å². The van der Waals surface area contributed by atoms with Crippen LogP contribution in [0.2, 0.25) is 0 Å². The van der Waals surface area contributed by atoms with Crippen LogP contribution >= 0.6 is 15.9 Å². The van der Waals surface area contributed by atoms with Crippen molar-refractivity contribution in [2.45, 2.75) is 12.6 Å². The second kappa shape index (κ2) is 12.0. The number of halogens is 4. The summed E-state index contributed by atoms with van der Waals surface area (Å²) in [5.41, 5.74) is 5.38. The van der Waals surface area contributed by atoms with Crippen LogP contribution < -0.4 is 4.74 Å². The zero-order valence-corrected chi connectivity index (χ0v) is 21.2. The molecule has 0 aliphatic rings. The first-order chi connectivity index (χ1) is 17.1. The summed E-state index contributed by atoms with van der Waals surface area (Å²) in [6.07, 6.45) is -2.25. The Balaban J connectivity index is 0.000000454. The van der Waals surface area contributed by atoms with E-state index in [9.17, 15) is 13.2 Å². The average Bonchev–Trinajstić information content (AvgIpc) is 3.21. The molecule has 4 aromatic rings. The van der Waals surface area contributed by atoms with Crippen LogP contribution in [-0.2, 0) is 4.79 Å². The molecule has 36 heavy (non-hydrogen) atoms. The van der Waals surface area contributed by atoms with Crippen molar-refractivity contribution in [2.75, 3.05) is 27.2 Å². The van der Waals surface area contributed by atoms with E-state index >= 15 is 0 Å². The van der Waals surface area contributed by atoms with Crippen LogP contribution in [0.4, 0.5) is 13.2 Å². The number of benzene rings is 2. The summed E-state index contributed by atoms with van der Waals surface area (Å²) in [5, 5.41) is 8.22. The molecular weight excluding hydrogens is 539 g/mol. The maximum Gasteiger partial charge on any atom is 0.490 e. The zero-order chi connectivity index (χ0) is 26.3. The highest BCUT2D eigenvalue weighted by Crippen LogP contribution is 2.39. The Hall–Kier alpha value is -3.37. The number of fused-ring (bicyclic) bond motifs is 1. The largest absolute Gasteiger partial charge is 0.494 e. The fraction of sp³-hybridized carbons (Fsp3) is 0.231. The van der Waals surface area contributed by atoms with Crippen LogP contribution in [0.3, 0.4) is 0 Å². The van der Waals surface area contributed by atoms with Crippen molar-refractivity contribution in [3.8, 4) is 28.1 Å². The molecule has 2 N–H and O–H groups in total. The SMILES string of the molecule is CN(C)CCCOc1ccc(-c2c(-c3ccccc3)[nH]c3ncc(Br)cc23)cc1.O=C(O)C(F)(F)F. The number of alkyl halides is 3. The van der Waals surface area contributed by atoms with Crippen molar-refractivity contribution in [1.29, 1.82) is 0 Å². The summed E-state index contributed by atoms with van der Waals surface area (Å²) >= 11 is 3.56. The first-order valence-electron chi connectivity index (χ1n) is 11.0. The lowest BCUT2D eigenvalue weighted by Gasteiger charge is -2.11. The molecule has 0 saturated carbocycles. The lowest BCUT2D eigenvalue weighted by Crippen LogP contribution is -2.21. The Morgan fingerprint density at radius 2 is 1.72 bits per heavy atom. The summed E-state index contributed by atoms with van der Waals surface area (Å²) < 4.78 is 38.6. The van der Waals surface area contributed by atoms with E-state index in [4.69, 9.17) is 14.6 Å². The number of carboxylic acids is 1. The van der Waals surface area contributed by atoms with Gasteiger partial charge in [-0.15, -0.1) is 0 Å². The van der Waals surface area contributed by atoms with Crippen LogP contribution in [0.5, 0.6) is 5.75 Å². The lowest BCUT2D eigenvalue weighted by atomic mass is 9.99. The average molecular weight is 564 g/mol. The summed E-state index contributed by atoms with van der Waals surface area (Å²) in [4.78, 5) is 19.1. The Bertz CT molecular complexity index is 1290. The second-order valence-corrected chi connectivity index (χ2v) is 9.04. The van der Waals surface area contributed by atoms with Gasteiger partial charge in [-0.25, -0.2) is 9.78 Å². The third kappa shape index (κ3) is 7.32.